The lowest BCUT2D eigenvalue weighted by atomic mass is 10.1. The van der Waals surface area contributed by atoms with Crippen LogP contribution in [-0.2, 0) is 27.4 Å². The van der Waals surface area contributed by atoms with Gasteiger partial charge in [-0.15, -0.1) is 11.3 Å². The predicted octanol–water partition coefficient (Wildman–Crippen LogP) is 2.28. The molecular weight excluding hydrogens is 492 g/mol. The molecule has 1 amide bonds. The quantitative estimate of drug-likeness (QED) is 0.379. The van der Waals surface area contributed by atoms with Crippen molar-refractivity contribution in [3.05, 3.63) is 91.3 Å². The number of hydrogen-bond acceptors (Lipinski definition) is 7. The highest BCUT2D eigenvalue weighted by Gasteiger charge is 2.15. The first kappa shape index (κ1) is 24.3. The number of ether oxygens (including phenoxy) is 3. The van der Waals surface area contributed by atoms with E-state index >= 15 is 0 Å². The summed E-state index contributed by atoms with van der Waals surface area (Å²) >= 11 is 1.14. The molecule has 0 saturated heterocycles. The summed E-state index contributed by atoms with van der Waals surface area (Å²) < 4.78 is 17.8. The number of nitrogens with zero attached hydrogens (tertiary/aromatic N) is 1. The molecule has 37 heavy (non-hydrogen) atoms. The summed E-state index contributed by atoms with van der Waals surface area (Å²) in [4.78, 5) is 38.2. The first-order valence-electron chi connectivity index (χ1n) is 11.7. The molecule has 2 heterocycles. The Labute approximate surface area is 216 Å². The number of fused-ring (bicyclic) bond motifs is 2. The monoisotopic (exact) mass is 516 g/mol. The van der Waals surface area contributed by atoms with Crippen molar-refractivity contribution in [3.8, 4) is 11.5 Å². The smallest absolute Gasteiger partial charge is 0.333 e. The molecule has 0 fully saturated rings. The van der Waals surface area contributed by atoms with E-state index in [2.05, 4.69) is 5.32 Å². The van der Waals surface area contributed by atoms with Gasteiger partial charge in [-0.3, -0.25) is 14.2 Å². The lowest BCUT2D eigenvalue weighted by Crippen LogP contribution is -2.38. The largest absolute Gasteiger partial charge is 0.463 e. The molecule has 5 rings (SSSR count). The van der Waals surface area contributed by atoms with Gasteiger partial charge in [0.05, 0.1) is 17.2 Å². The number of aromatic nitrogens is 1. The van der Waals surface area contributed by atoms with Gasteiger partial charge in [0.2, 0.25) is 12.7 Å². The minimum Gasteiger partial charge on any atom is -0.463 e. The highest BCUT2D eigenvalue weighted by molar-refractivity contribution is 7.07. The number of benzene rings is 3. The van der Waals surface area contributed by atoms with Crippen LogP contribution in [0.15, 0.2) is 65.5 Å². The fourth-order valence-electron chi connectivity index (χ4n) is 3.98. The predicted molar refractivity (Wildman–Crippen MR) is 141 cm³/mol. The molecule has 3 aromatic carbocycles. The summed E-state index contributed by atoms with van der Waals surface area (Å²) in [5.74, 6) is 0.346. The number of hydrogen-bond donors (Lipinski definition) is 1. The van der Waals surface area contributed by atoms with Gasteiger partial charge < -0.3 is 19.5 Å². The van der Waals surface area contributed by atoms with Gasteiger partial charge in [0.25, 0.3) is 5.56 Å². The van der Waals surface area contributed by atoms with Gasteiger partial charge in [-0.2, -0.15) is 0 Å². The van der Waals surface area contributed by atoms with Crippen molar-refractivity contribution in [2.24, 2.45) is 0 Å². The number of amides is 1. The molecule has 188 valence electrons. The topological polar surface area (TPSA) is 95.9 Å². The molecule has 4 aromatic rings. The van der Waals surface area contributed by atoms with Crippen molar-refractivity contribution in [1.82, 2.24) is 9.88 Å². The summed E-state index contributed by atoms with van der Waals surface area (Å²) in [6.45, 7) is 2.09. The lowest BCUT2D eigenvalue weighted by Gasteiger charge is -2.07. The second-order valence-electron chi connectivity index (χ2n) is 8.31. The van der Waals surface area contributed by atoms with Crippen LogP contribution in [-0.4, -0.2) is 29.8 Å². The van der Waals surface area contributed by atoms with Crippen molar-refractivity contribution in [1.29, 1.82) is 0 Å². The molecule has 0 radical (unpaired) electrons. The second kappa shape index (κ2) is 10.7. The summed E-state index contributed by atoms with van der Waals surface area (Å²) in [6.07, 6.45) is 3.02. The number of carbonyl (C=O) groups excluding carboxylic acids is 2. The van der Waals surface area contributed by atoms with Crippen LogP contribution in [0.4, 0.5) is 0 Å². The highest BCUT2D eigenvalue weighted by atomic mass is 32.1. The molecule has 1 N–H and O–H groups in total. The van der Waals surface area contributed by atoms with Crippen molar-refractivity contribution in [2.75, 3.05) is 13.4 Å². The van der Waals surface area contributed by atoms with E-state index in [9.17, 15) is 14.4 Å². The van der Waals surface area contributed by atoms with E-state index in [1.165, 1.54) is 10.6 Å². The molecule has 0 spiro atoms. The Morgan fingerprint density at radius 1 is 1.05 bits per heavy atom. The molecule has 1 aliphatic rings. The van der Waals surface area contributed by atoms with Crippen LogP contribution in [0.2, 0.25) is 0 Å². The van der Waals surface area contributed by atoms with E-state index in [-0.39, 0.29) is 38.0 Å². The molecule has 1 aliphatic heterocycles. The Morgan fingerprint density at radius 2 is 1.86 bits per heavy atom. The SMILES string of the molecule is CCOC(=O)C=c1s/c(=C\c2ccc3ccccc3c2)c(=O)n1CC(=O)NCc1ccc2c(c1)OCO2. The number of rotatable bonds is 7. The number of carbonyl (C=O) groups is 2. The maximum Gasteiger partial charge on any atom is 0.333 e. The van der Waals surface area contributed by atoms with Crippen molar-refractivity contribution >= 4 is 46.1 Å². The molecule has 0 atom stereocenters. The Bertz CT molecular complexity index is 1670. The van der Waals surface area contributed by atoms with Crippen molar-refractivity contribution in [2.45, 2.75) is 20.0 Å². The number of nitrogens with one attached hydrogen (secondary N) is 1. The first-order valence-corrected chi connectivity index (χ1v) is 12.6. The maximum absolute atomic E-state index is 13.3. The standard InChI is InChI=1S/C28H24N2O6S/c1-2-34-27(32)14-26-30(16-25(31)29-15-19-8-10-22-23(12-19)36-17-35-22)28(33)24(37-26)13-18-7-9-20-5-3-4-6-21(20)11-18/h3-14H,2,15-17H2,1H3,(H,29,31)/b24-13-,26-14?. The van der Waals surface area contributed by atoms with E-state index in [0.717, 1.165) is 33.2 Å². The Morgan fingerprint density at radius 3 is 2.70 bits per heavy atom. The third-order valence-electron chi connectivity index (χ3n) is 5.76. The summed E-state index contributed by atoms with van der Waals surface area (Å²) in [5.41, 5.74) is 1.32. The van der Waals surface area contributed by atoms with Gasteiger partial charge in [0.15, 0.2) is 11.5 Å². The van der Waals surface area contributed by atoms with Gasteiger partial charge in [-0.1, -0.05) is 42.5 Å². The summed E-state index contributed by atoms with van der Waals surface area (Å²) in [5, 5.41) is 4.97. The van der Waals surface area contributed by atoms with E-state index in [1.54, 1.807) is 25.1 Å². The molecule has 0 aliphatic carbocycles. The summed E-state index contributed by atoms with van der Waals surface area (Å²) in [6, 6.07) is 19.3. The minimum absolute atomic E-state index is 0.171. The normalized spacial score (nSPS) is 13.2. The Kier molecular flexibility index (Phi) is 7.04. The third-order valence-corrected chi connectivity index (χ3v) is 6.82. The van der Waals surface area contributed by atoms with Crippen LogP contribution < -0.4 is 29.5 Å². The fourth-order valence-corrected chi connectivity index (χ4v) is 5.01. The van der Waals surface area contributed by atoms with Crippen LogP contribution in [0.25, 0.3) is 22.9 Å². The molecule has 9 heteroatoms. The van der Waals surface area contributed by atoms with E-state index in [1.807, 2.05) is 48.5 Å². The van der Waals surface area contributed by atoms with Gasteiger partial charge in [-0.05, 0) is 53.1 Å². The molecular formula is C28H24N2O6S. The zero-order chi connectivity index (χ0) is 25.8. The summed E-state index contributed by atoms with van der Waals surface area (Å²) in [7, 11) is 0. The second-order valence-corrected chi connectivity index (χ2v) is 9.37. The first-order chi connectivity index (χ1) is 18.0. The van der Waals surface area contributed by atoms with Crippen molar-refractivity contribution < 1.29 is 23.8 Å². The fraction of sp³-hybridized carbons (Fsp3) is 0.179. The maximum atomic E-state index is 13.3. The highest BCUT2D eigenvalue weighted by Crippen LogP contribution is 2.32. The minimum atomic E-state index is -0.574. The van der Waals surface area contributed by atoms with Crippen LogP contribution in [0.1, 0.15) is 18.1 Å². The molecule has 0 unspecified atom stereocenters. The number of thiazole rings is 1. The molecule has 0 bridgehead atoms. The lowest BCUT2D eigenvalue weighted by molar-refractivity contribution is -0.135. The zero-order valence-corrected chi connectivity index (χ0v) is 20.9. The van der Waals surface area contributed by atoms with Crippen molar-refractivity contribution in [3.63, 3.8) is 0 Å². The van der Waals surface area contributed by atoms with E-state index < -0.39 is 5.97 Å². The average Bonchev–Trinajstić information content (AvgIpc) is 3.47. The Hall–Kier alpha value is -4.37. The van der Waals surface area contributed by atoms with Crippen LogP contribution >= 0.6 is 11.3 Å². The average molecular weight is 517 g/mol. The Balaban J connectivity index is 1.42. The van der Waals surface area contributed by atoms with E-state index in [0.29, 0.717) is 20.7 Å². The van der Waals surface area contributed by atoms with Crippen LogP contribution in [0.3, 0.4) is 0 Å². The van der Waals surface area contributed by atoms with Gasteiger partial charge in [0, 0.05) is 6.54 Å². The van der Waals surface area contributed by atoms with E-state index in [4.69, 9.17) is 14.2 Å². The number of esters is 1. The third kappa shape index (κ3) is 5.57. The van der Waals surface area contributed by atoms with Gasteiger partial charge >= 0.3 is 5.97 Å². The molecule has 8 nitrogen and oxygen atoms in total. The zero-order valence-electron chi connectivity index (χ0n) is 20.1. The van der Waals surface area contributed by atoms with Gasteiger partial charge in [0.1, 0.15) is 11.2 Å². The van der Waals surface area contributed by atoms with Crippen LogP contribution in [0, 0.1) is 0 Å². The van der Waals surface area contributed by atoms with Gasteiger partial charge in [-0.25, -0.2) is 4.79 Å². The van der Waals surface area contributed by atoms with Crippen LogP contribution in [0.5, 0.6) is 11.5 Å². The molecule has 1 aromatic heterocycles. The molecule has 0 saturated carbocycles.